The molecule has 2 rings (SSSR count). The largest absolute Gasteiger partial charge is 0.361 e. The van der Waals surface area contributed by atoms with Crippen LogP contribution in [0.25, 0.3) is 0 Å². The van der Waals surface area contributed by atoms with E-state index in [1.54, 1.807) is 0 Å². The first-order valence-electron chi connectivity index (χ1n) is 6.07. The molecule has 1 aliphatic heterocycles. The molecule has 0 spiro atoms. The van der Waals surface area contributed by atoms with Crippen LogP contribution in [0, 0.1) is 5.92 Å². The molecule has 1 fully saturated rings. The maximum atomic E-state index is 4.59. The lowest BCUT2D eigenvalue weighted by atomic mass is 10.1. The molecule has 2 heterocycles. The smallest absolute Gasteiger partial charge is 0.156 e. The molecule has 0 aromatic carbocycles. The number of imidazole rings is 1. The van der Waals surface area contributed by atoms with E-state index in [2.05, 4.69) is 29.1 Å². The van der Waals surface area contributed by atoms with Crippen molar-refractivity contribution in [3.05, 3.63) is 18.2 Å². The van der Waals surface area contributed by atoms with Crippen LogP contribution in [0.4, 0.5) is 0 Å². The summed E-state index contributed by atoms with van der Waals surface area (Å²) in [5.41, 5.74) is 0. The van der Waals surface area contributed by atoms with Gasteiger partial charge >= 0.3 is 0 Å². The summed E-state index contributed by atoms with van der Waals surface area (Å²) < 4.78 is 2.05. The number of rotatable bonds is 4. The highest BCUT2D eigenvalue weighted by atomic mass is 32.2. The Morgan fingerprint density at radius 2 is 2.47 bits per heavy atom. The predicted octanol–water partition coefficient (Wildman–Crippen LogP) is 1.68. The lowest BCUT2D eigenvalue weighted by Crippen LogP contribution is -2.31. The maximum Gasteiger partial charge on any atom is 0.156 e. The molecule has 0 saturated carbocycles. The van der Waals surface area contributed by atoms with E-state index in [-0.39, 0.29) is 0 Å². The van der Waals surface area contributed by atoms with Crippen molar-refractivity contribution in [1.82, 2.24) is 14.9 Å². The van der Waals surface area contributed by atoms with Crippen LogP contribution < -0.4 is 5.32 Å². The number of nitrogens with zero attached hydrogens (tertiary/aromatic N) is 3. The zero-order valence-corrected chi connectivity index (χ0v) is 11.5. The second-order valence-electron chi connectivity index (χ2n) is 4.70. The average molecular weight is 252 g/mol. The molecule has 1 saturated heterocycles. The first-order valence-corrected chi connectivity index (χ1v) is 7.05. The highest BCUT2D eigenvalue weighted by Gasteiger charge is 2.22. The van der Waals surface area contributed by atoms with Crippen molar-refractivity contribution < 1.29 is 0 Å². The van der Waals surface area contributed by atoms with Gasteiger partial charge in [-0.1, -0.05) is 25.6 Å². The number of amidine groups is 1. The minimum Gasteiger partial charge on any atom is -0.361 e. The Kier molecular flexibility index (Phi) is 4.10. The Bertz CT molecular complexity index is 397. The fraction of sp³-hybridized carbons (Fsp3) is 0.667. The molecular weight excluding hydrogens is 232 g/mol. The van der Waals surface area contributed by atoms with E-state index >= 15 is 0 Å². The van der Waals surface area contributed by atoms with Crippen LogP contribution in [0.1, 0.15) is 19.7 Å². The molecule has 1 atom stereocenters. The van der Waals surface area contributed by atoms with Gasteiger partial charge in [0, 0.05) is 44.2 Å². The number of aromatic nitrogens is 2. The van der Waals surface area contributed by atoms with Crippen molar-refractivity contribution in [2.45, 2.75) is 26.3 Å². The highest BCUT2D eigenvalue weighted by molar-refractivity contribution is 8.14. The molecule has 0 amide bonds. The van der Waals surface area contributed by atoms with Gasteiger partial charge in [0.05, 0.1) is 0 Å². The molecular formula is C12H20N4S. The molecule has 1 aromatic heterocycles. The number of aryl methyl sites for hydroxylation is 1. The Labute approximate surface area is 107 Å². The molecule has 0 aliphatic carbocycles. The van der Waals surface area contributed by atoms with E-state index in [0.29, 0.717) is 12.0 Å². The molecule has 1 N–H and O–H groups in total. The van der Waals surface area contributed by atoms with E-state index in [1.165, 1.54) is 0 Å². The predicted molar refractivity (Wildman–Crippen MR) is 73.4 cm³/mol. The molecule has 1 aliphatic rings. The Morgan fingerprint density at radius 3 is 3.06 bits per heavy atom. The summed E-state index contributed by atoms with van der Waals surface area (Å²) in [6.45, 7) is 5.30. The third kappa shape index (κ3) is 3.25. The van der Waals surface area contributed by atoms with Gasteiger partial charge in [0.1, 0.15) is 5.82 Å². The Balaban J connectivity index is 1.80. The van der Waals surface area contributed by atoms with E-state index in [1.807, 2.05) is 35.8 Å². The first kappa shape index (κ1) is 12.5. The minimum atomic E-state index is 0.576. The van der Waals surface area contributed by atoms with Crippen LogP contribution in [0.15, 0.2) is 17.4 Å². The van der Waals surface area contributed by atoms with Gasteiger partial charge in [0.25, 0.3) is 0 Å². The van der Waals surface area contributed by atoms with Crippen LogP contribution in [0.2, 0.25) is 0 Å². The lowest BCUT2D eigenvalue weighted by Gasteiger charge is -2.13. The third-order valence-corrected chi connectivity index (χ3v) is 4.07. The van der Waals surface area contributed by atoms with Crippen LogP contribution in [-0.2, 0) is 13.5 Å². The third-order valence-electron chi connectivity index (χ3n) is 3.03. The van der Waals surface area contributed by atoms with E-state index < -0.39 is 0 Å². The molecule has 0 unspecified atom stereocenters. The van der Waals surface area contributed by atoms with E-state index in [9.17, 15) is 0 Å². The highest BCUT2D eigenvalue weighted by Crippen LogP contribution is 2.18. The van der Waals surface area contributed by atoms with Crippen molar-refractivity contribution in [1.29, 1.82) is 0 Å². The number of hydrogen-bond acceptors (Lipinski definition) is 3. The van der Waals surface area contributed by atoms with Gasteiger partial charge < -0.3 is 9.88 Å². The summed E-state index contributed by atoms with van der Waals surface area (Å²) in [4.78, 5) is 8.88. The molecule has 1 aromatic rings. The molecule has 5 heteroatoms. The second kappa shape index (κ2) is 5.58. The molecule has 17 heavy (non-hydrogen) atoms. The Hall–Kier alpha value is -0.970. The van der Waals surface area contributed by atoms with Gasteiger partial charge in [-0.2, -0.15) is 0 Å². The average Bonchev–Trinajstić information content (AvgIpc) is 2.89. The summed E-state index contributed by atoms with van der Waals surface area (Å²) in [5.74, 6) is 2.90. The van der Waals surface area contributed by atoms with Crippen molar-refractivity contribution >= 4 is 16.9 Å². The topological polar surface area (TPSA) is 42.2 Å². The second-order valence-corrected chi connectivity index (χ2v) is 5.71. The van der Waals surface area contributed by atoms with Crippen LogP contribution in [0.3, 0.4) is 0 Å². The van der Waals surface area contributed by atoms with Crippen molar-refractivity contribution in [2.24, 2.45) is 18.0 Å². The van der Waals surface area contributed by atoms with Crippen LogP contribution in [0.5, 0.6) is 0 Å². The van der Waals surface area contributed by atoms with E-state index in [4.69, 9.17) is 0 Å². The summed E-state index contributed by atoms with van der Waals surface area (Å²) in [5, 5.41) is 4.57. The van der Waals surface area contributed by atoms with Crippen molar-refractivity contribution in [3.63, 3.8) is 0 Å². The number of hydrogen-bond donors (Lipinski definition) is 1. The minimum absolute atomic E-state index is 0.576. The normalized spacial score (nSPS) is 22.4. The van der Waals surface area contributed by atoms with Crippen LogP contribution >= 0.6 is 11.8 Å². The first-order chi connectivity index (χ1) is 8.16. The molecule has 0 bridgehead atoms. The van der Waals surface area contributed by atoms with Gasteiger partial charge in [-0.05, 0) is 5.92 Å². The van der Waals surface area contributed by atoms with E-state index in [0.717, 1.165) is 29.7 Å². The fourth-order valence-corrected chi connectivity index (χ4v) is 2.98. The number of nitrogens with one attached hydrogen (secondary N) is 1. The van der Waals surface area contributed by atoms with Crippen LogP contribution in [-0.4, -0.2) is 33.1 Å². The van der Waals surface area contributed by atoms with Gasteiger partial charge in [-0.25, -0.2) is 4.98 Å². The zero-order valence-electron chi connectivity index (χ0n) is 10.7. The van der Waals surface area contributed by atoms with Gasteiger partial charge in [-0.15, -0.1) is 0 Å². The fourth-order valence-electron chi connectivity index (χ4n) is 1.76. The Morgan fingerprint density at radius 1 is 1.65 bits per heavy atom. The van der Waals surface area contributed by atoms with Crippen molar-refractivity contribution in [2.75, 3.05) is 12.3 Å². The summed E-state index contributed by atoms with van der Waals surface area (Å²) in [6.07, 6.45) is 4.71. The van der Waals surface area contributed by atoms with Gasteiger partial charge in [0.2, 0.25) is 0 Å². The maximum absolute atomic E-state index is 4.59. The molecule has 0 radical (unpaired) electrons. The SMILES string of the molecule is CC(C)[C@H]1CSC(=NCCc2nccn2C)N1. The quantitative estimate of drug-likeness (QED) is 0.886. The summed E-state index contributed by atoms with van der Waals surface area (Å²) in [7, 11) is 2.02. The standard InChI is InChI=1S/C12H20N4S/c1-9(2)10-8-17-12(15-10)14-5-4-11-13-6-7-16(11)3/h6-7,9-10H,4-5,8H2,1-3H3,(H,14,15)/t10-/m1/s1. The molecule has 4 nitrogen and oxygen atoms in total. The number of aliphatic imine (C=N–C) groups is 1. The number of thioether (sulfide) groups is 1. The van der Waals surface area contributed by atoms with Gasteiger partial charge in [0.15, 0.2) is 5.17 Å². The summed E-state index contributed by atoms with van der Waals surface area (Å²) >= 11 is 1.83. The lowest BCUT2D eigenvalue weighted by molar-refractivity contribution is 0.503. The van der Waals surface area contributed by atoms with Crippen molar-refractivity contribution in [3.8, 4) is 0 Å². The van der Waals surface area contributed by atoms with Gasteiger partial charge in [-0.3, -0.25) is 4.99 Å². The summed E-state index contributed by atoms with van der Waals surface area (Å²) in [6, 6.07) is 0.576. The zero-order chi connectivity index (χ0) is 12.3. The molecule has 94 valence electrons. The monoisotopic (exact) mass is 252 g/mol.